The molecule has 0 bridgehead atoms. The highest BCUT2D eigenvalue weighted by Gasteiger charge is 2.12. The first-order valence-electron chi connectivity index (χ1n) is 5.62. The number of hydrogen-bond acceptors (Lipinski definition) is 6. The molecule has 0 atom stereocenters. The molecule has 3 N–H and O–H groups in total. The topological polar surface area (TPSA) is 97.8 Å². The number of nitrogen functional groups attached to an aromatic ring is 1. The number of aryl methyl sites for hydroxylation is 3. The Morgan fingerprint density at radius 3 is 2.83 bits per heavy atom. The second-order valence-corrected chi connectivity index (χ2v) is 5.15. The molecule has 0 spiro atoms. The van der Waals surface area contributed by atoms with E-state index in [1.807, 2.05) is 13.8 Å². The van der Waals surface area contributed by atoms with Crippen molar-refractivity contribution in [2.45, 2.75) is 26.7 Å². The third-order valence-corrected chi connectivity index (χ3v) is 3.68. The summed E-state index contributed by atoms with van der Waals surface area (Å²) in [4.78, 5) is 0.739. The summed E-state index contributed by atoms with van der Waals surface area (Å²) in [6.45, 7) is 4.02. The van der Waals surface area contributed by atoms with Crippen molar-refractivity contribution in [3.63, 3.8) is 0 Å². The highest BCUT2D eigenvalue weighted by Crippen LogP contribution is 2.17. The largest absolute Gasteiger partial charge is 0.374 e. The van der Waals surface area contributed by atoms with Gasteiger partial charge in [-0.2, -0.15) is 9.61 Å². The second kappa shape index (κ2) is 4.05. The first kappa shape index (κ1) is 11.1. The van der Waals surface area contributed by atoms with Crippen LogP contribution in [0.3, 0.4) is 0 Å². The summed E-state index contributed by atoms with van der Waals surface area (Å²) < 4.78 is 1.71. The van der Waals surface area contributed by atoms with E-state index in [0.29, 0.717) is 5.13 Å². The lowest BCUT2D eigenvalue weighted by atomic mass is 10.1. The summed E-state index contributed by atoms with van der Waals surface area (Å²) in [5.41, 5.74) is 9.01. The van der Waals surface area contributed by atoms with E-state index in [1.54, 1.807) is 4.52 Å². The van der Waals surface area contributed by atoms with Crippen molar-refractivity contribution in [1.82, 2.24) is 30.0 Å². The van der Waals surface area contributed by atoms with Crippen LogP contribution >= 0.6 is 11.3 Å². The van der Waals surface area contributed by atoms with E-state index < -0.39 is 0 Å². The lowest BCUT2D eigenvalue weighted by Crippen LogP contribution is -2.01. The van der Waals surface area contributed by atoms with Gasteiger partial charge in [0, 0.05) is 12.1 Å². The third kappa shape index (κ3) is 1.74. The fraction of sp³-hybridized carbons (Fsp3) is 0.400. The summed E-state index contributed by atoms with van der Waals surface area (Å²) in [5, 5.41) is 20.0. The van der Waals surface area contributed by atoms with Crippen molar-refractivity contribution >= 4 is 21.4 Å². The van der Waals surface area contributed by atoms with Gasteiger partial charge in [0.15, 0.2) is 5.82 Å². The number of fused-ring (bicyclic) bond motifs is 1. The molecular formula is C10H13N7S. The van der Waals surface area contributed by atoms with E-state index in [-0.39, 0.29) is 0 Å². The second-order valence-electron chi connectivity index (χ2n) is 4.16. The summed E-state index contributed by atoms with van der Waals surface area (Å²) >= 11 is 1.34. The SMILES string of the molecule is Cc1n[nH]c(C)c1CCc1nnc2sc(N)nn12. The minimum absolute atomic E-state index is 0.511. The number of H-pyrrole nitrogens is 1. The molecule has 0 saturated heterocycles. The maximum atomic E-state index is 5.65. The first-order valence-corrected chi connectivity index (χ1v) is 6.44. The Morgan fingerprint density at radius 1 is 1.28 bits per heavy atom. The summed E-state index contributed by atoms with van der Waals surface area (Å²) in [5.74, 6) is 0.831. The average molecular weight is 263 g/mol. The van der Waals surface area contributed by atoms with Crippen molar-refractivity contribution in [1.29, 1.82) is 0 Å². The highest BCUT2D eigenvalue weighted by atomic mass is 32.1. The number of nitrogens with two attached hydrogens (primary N) is 1. The fourth-order valence-corrected chi connectivity index (χ4v) is 2.63. The van der Waals surface area contributed by atoms with Crippen LogP contribution in [-0.4, -0.2) is 30.0 Å². The molecule has 3 aromatic heterocycles. The Labute approximate surface area is 107 Å². The van der Waals surface area contributed by atoms with Gasteiger partial charge in [-0.25, -0.2) is 0 Å². The molecule has 0 fully saturated rings. The Hall–Kier alpha value is -1.96. The van der Waals surface area contributed by atoms with Gasteiger partial charge in [0.1, 0.15) is 0 Å². The van der Waals surface area contributed by atoms with Gasteiger partial charge in [0.05, 0.1) is 5.69 Å². The molecule has 0 amide bonds. The van der Waals surface area contributed by atoms with Gasteiger partial charge in [-0.15, -0.1) is 15.3 Å². The van der Waals surface area contributed by atoms with Crippen LogP contribution in [0.5, 0.6) is 0 Å². The van der Waals surface area contributed by atoms with E-state index in [0.717, 1.165) is 35.0 Å². The van der Waals surface area contributed by atoms with Crippen LogP contribution in [0, 0.1) is 13.8 Å². The summed E-state index contributed by atoms with van der Waals surface area (Å²) in [6, 6.07) is 0. The molecular weight excluding hydrogens is 250 g/mol. The maximum absolute atomic E-state index is 5.65. The molecule has 8 heteroatoms. The molecule has 3 heterocycles. The minimum atomic E-state index is 0.511. The molecule has 0 aliphatic heterocycles. The zero-order valence-electron chi connectivity index (χ0n) is 10.1. The fourth-order valence-electron chi connectivity index (χ4n) is 2.01. The number of nitrogens with zero attached hydrogens (tertiary/aromatic N) is 5. The molecule has 0 unspecified atom stereocenters. The zero-order chi connectivity index (χ0) is 12.7. The molecule has 18 heavy (non-hydrogen) atoms. The van der Waals surface area contributed by atoms with Crippen molar-refractivity contribution in [3.8, 4) is 0 Å². The zero-order valence-corrected chi connectivity index (χ0v) is 11.0. The molecule has 0 aliphatic rings. The standard InChI is InChI=1S/C10H13N7S/c1-5-7(6(2)13-12-5)3-4-8-14-15-10-17(8)16-9(11)18-10/h3-4H2,1-2H3,(H2,11,16)(H,12,13). The van der Waals surface area contributed by atoms with Gasteiger partial charge in [-0.05, 0) is 25.8 Å². The van der Waals surface area contributed by atoms with Gasteiger partial charge in [0.25, 0.3) is 0 Å². The van der Waals surface area contributed by atoms with E-state index in [9.17, 15) is 0 Å². The van der Waals surface area contributed by atoms with E-state index in [4.69, 9.17) is 5.73 Å². The van der Waals surface area contributed by atoms with Crippen LogP contribution in [0.25, 0.3) is 4.96 Å². The molecule has 7 nitrogen and oxygen atoms in total. The van der Waals surface area contributed by atoms with Crippen LogP contribution < -0.4 is 5.73 Å². The Kier molecular flexibility index (Phi) is 2.51. The van der Waals surface area contributed by atoms with Crippen LogP contribution in [-0.2, 0) is 12.8 Å². The van der Waals surface area contributed by atoms with Crippen LogP contribution in [0.2, 0.25) is 0 Å². The number of aromatic amines is 1. The molecule has 0 radical (unpaired) electrons. The Bertz CT molecular complexity index is 673. The molecule has 0 aliphatic carbocycles. The Morgan fingerprint density at radius 2 is 2.11 bits per heavy atom. The molecule has 0 saturated carbocycles. The van der Waals surface area contributed by atoms with Gasteiger partial charge in [-0.1, -0.05) is 11.3 Å². The minimum Gasteiger partial charge on any atom is -0.374 e. The van der Waals surface area contributed by atoms with Gasteiger partial charge in [-0.3, -0.25) is 5.10 Å². The average Bonchev–Trinajstić information content (AvgIpc) is 2.94. The lowest BCUT2D eigenvalue weighted by molar-refractivity contribution is 0.789. The van der Waals surface area contributed by atoms with E-state index >= 15 is 0 Å². The lowest BCUT2D eigenvalue weighted by Gasteiger charge is -1.99. The molecule has 3 aromatic rings. The van der Waals surface area contributed by atoms with Crippen molar-refractivity contribution in [3.05, 3.63) is 22.8 Å². The normalized spacial score (nSPS) is 11.4. The van der Waals surface area contributed by atoms with Crippen LogP contribution in [0.1, 0.15) is 22.8 Å². The van der Waals surface area contributed by atoms with Gasteiger partial charge >= 0.3 is 0 Å². The molecule has 3 rings (SSSR count). The van der Waals surface area contributed by atoms with Crippen molar-refractivity contribution in [2.75, 3.05) is 5.73 Å². The number of rotatable bonds is 3. The predicted octanol–water partition coefficient (Wildman–Crippen LogP) is 0.893. The quantitative estimate of drug-likeness (QED) is 0.731. The molecule has 94 valence electrons. The van der Waals surface area contributed by atoms with E-state index in [2.05, 4.69) is 25.5 Å². The van der Waals surface area contributed by atoms with Gasteiger partial charge in [0.2, 0.25) is 10.1 Å². The number of nitrogens with one attached hydrogen (secondary N) is 1. The summed E-state index contributed by atoms with van der Waals surface area (Å²) in [7, 11) is 0. The van der Waals surface area contributed by atoms with Crippen molar-refractivity contribution < 1.29 is 0 Å². The monoisotopic (exact) mass is 263 g/mol. The van der Waals surface area contributed by atoms with Crippen molar-refractivity contribution in [2.24, 2.45) is 0 Å². The number of anilines is 1. The molecule has 0 aromatic carbocycles. The van der Waals surface area contributed by atoms with Crippen LogP contribution in [0.4, 0.5) is 5.13 Å². The number of aromatic nitrogens is 6. The third-order valence-electron chi connectivity index (χ3n) is 2.95. The van der Waals surface area contributed by atoms with Gasteiger partial charge < -0.3 is 5.73 Å². The van der Waals surface area contributed by atoms with E-state index in [1.165, 1.54) is 16.9 Å². The Balaban J connectivity index is 1.85. The number of hydrogen-bond donors (Lipinski definition) is 2. The smallest absolute Gasteiger partial charge is 0.236 e. The van der Waals surface area contributed by atoms with Crippen LogP contribution in [0.15, 0.2) is 0 Å². The predicted molar refractivity (Wildman–Crippen MR) is 68.5 cm³/mol. The first-order chi connectivity index (χ1) is 8.65. The summed E-state index contributed by atoms with van der Waals surface area (Å²) in [6.07, 6.45) is 1.64. The highest BCUT2D eigenvalue weighted by molar-refractivity contribution is 7.20. The maximum Gasteiger partial charge on any atom is 0.236 e.